The van der Waals surface area contributed by atoms with Crippen molar-refractivity contribution in [2.24, 2.45) is 0 Å². The molecule has 0 bridgehead atoms. The first kappa shape index (κ1) is 19.9. The van der Waals surface area contributed by atoms with Gasteiger partial charge in [-0.1, -0.05) is 0 Å². The number of nitrogens with one attached hydrogen (secondary N) is 1. The van der Waals surface area contributed by atoms with Crippen LogP contribution in [0.3, 0.4) is 0 Å². The molecule has 1 aliphatic heterocycles. The highest BCUT2D eigenvalue weighted by atomic mass is 16.4. The number of carbonyl (C=O) groups is 1. The number of hydrogen-bond acceptors (Lipinski definition) is 7. The predicted octanol–water partition coefficient (Wildman–Crippen LogP) is 1.66. The van der Waals surface area contributed by atoms with E-state index in [1.165, 1.54) is 4.40 Å². The standard InChI is InChI=1S/C23H23N7O3/c1-13-9-16(27-30-10-14(2)25-20(13)30)19-18(22(32)33)21(31)29-11-15(3-4-17(29)26-19)28-8-7-24-23(12-28)5-6-23/h3-4,9-11,24H,5-8,12H2,1-2H3,(H,32,33). The molecule has 1 saturated heterocycles. The monoisotopic (exact) mass is 445 g/mol. The van der Waals surface area contributed by atoms with E-state index >= 15 is 0 Å². The van der Waals surface area contributed by atoms with Crippen molar-refractivity contribution in [3.8, 4) is 11.4 Å². The van der Waals surface area contributed by atoms with Gasteiger partial charge in [0.25, 0.3) is 5.56 Å². The Labute approximate surface area is 188 Å². The lowest BCUT2D eigenvalue weighted by Gasteiger charge is -2.35. The van der Waals surface area contributed by atoms with Crippen molar-refractivity contribution in [1.29, 1.82) is 0 Å². The lowest BCUT2D eigenvalue weighted by molar-refractivity contribution is 0.0695. The molecule has 2 N–H and O–H groups in total. The number of aryl methyl sites for hydroxylation is 2. The maximum absolute atomic E-state index is 13.4. The zero-order chi connectivity index (χ0) is 22.9. The Morgan fingerprint density at radius 1 is 1.18 bits per heavy atom. The molecule has 0 amide bonds. The average Bonchev–Trinajstić information content (AvgIpc) is 3.40. The summed E-state index contributed by atoms with van der Waals surface area (Å²) < 4.78 is 2.92. The van der Waals surface area contributed by atoms with E-state index in [9.17, 15) is 14.7 Å². The third kappa shape index (κ3) is 3.17. The highest BCUT2D eigenvalue weighted by Gasteiger charge is 2.45. The van der Waals surface area contributed by atoms with Crippen LogP contribution in [-0.2, 0) is 0 Å². The van der Waals surface area contributed by atoms with Gasteiger partial charge in [0, 0.05) is 31.4 Å². The molecule has 10 nitrogen and oxygen atoms in total. The van der Waals surface area contributed by atoms with Crippen molar-refractivity contribution in [2.75, 3.05) is 24.5 Å². The number of nitrogens with zero attached hydrogens (tertiary/aromatic N) is 6. The third-order valence-electron chi connectivity index (χ3n) is 6.59. The number of imidazole rings is 1. The molecule has 2 fully saturated rings. The van der Waals surface area contributed by atoms with Crippen LogP contribution in [0.1, 0.15) is 34.5 Å². The minimum Gasteiger partial charge on any atom is -0.477 e. The second kappa shape index (κ2) is 6.85. The van der Waals surface area contributed by atoms with Gasteiger partial charge in [-0.2, -0.15) is 5.10 Å². The fourth-order valence-electron chi connectivity index (χ4n) is 4.72. The number of aromatic carboxylic acids is 1. The Kier molecular flexibility index (Phi) is 4.12. The van der Waals surface area contributed by atoms with Crippen molar-refractivity contribution < 1.29 is 9.90 Å². The number of rotatable bonds is 3. The van der Waals surface area contributed by atoms with Gasteiger partial charge in [-0.15, -0.1) is 0 Å². The molecule has 0 aromatic carbocycles. The van der Waals surface area contributed by atoms with Crippen LogP contribution in [0.2, 0.25) is 0 Å². The normalized spacial score (nSPS) is 17.2. The Balaban J connectivity index is 1.51. The summed E-state index contributed by atoms with van der Waals surface area (Å²) in [6.07, 6.45) is 5.76. The Bertz CT molecular complexity index is 1520. The maximum atomic E-state index is 13.4. The molecule has 4 aromatic heterocycles. The van der Waals surface area contributed by atoms with Crippen LogP contribution < -0.4 is 15.8 Å². The Morgan fingerprint density at radius 2 is 2.00 bits per heavy atom. The van der Waals surface area contributed by atoms with Crippen molar-refractivity contribution in [2.45, 2.75) is 32.2 Å². The van der Waals surface area contributed by atoms with Crippen LogP contribution in [0.5, 0.6) is 0 Å². The van der Waals surface area contributed by atoms with E-state index < -0.39 is 17.1 Å². The van der Waals surface area contributed by atoms with Crippen LogP contribution in [0.4, 0.5) is 5.69 Å². The second-order valence-corrected chi connectivity index (χ2v) is 9.05. The van der Waals surface area contributed by atoms with Gasteiger partial charge in [-0.05, 0) is 50.5 Å². The second-order valence-electron chi connectivity index (χ2n) is 9.05. The quantitative estimate of drug-likeness (QED) is 0.489. The molecule has 4 aromatic rings. The van der Waals surface area contributed by atoms with Crippen LogP contribution >= 0.6 is 0 Å². The van der Waals surface area contributed by atoms with Gasteiger partial charge in [0.15, 0.2) is 11.2 Å². The molecule has 168 valence electrons. The summed E-state index contributed by atoms with van der Waals surface area (Å²) in [5.41, 5.74) is 3.07. The maximum Gasteiger partial charge on any atom is 0.343 e. The molecule has 1 spiro atoms. The molecule has 1 saturated carbocycles. The fraction of sp³-hybridized carbons (Fsp3) is 0.348. The van der Waals surface area contributed by atoms with E-state index in [4.69, 9.17) is 0 Å². The fourth-order valence-corrected chi connectivity index (χ4v) is 4.72. The van der Waals surface area contributed by atoms with Crippen molar-refractivity contribution in [3.63, 3.8) is 0 Å². The average molecular weight is 445 g/mol. The van der Waals surface area contributed by atoms with Crippen LogP contribution in [0, 0.1) is 13.8 Å². The van der Waals surface area contributed by atoms with Gasteiger partial charge in [0.1, 0.15) is 17.0 Å². The van der Waals surface area contributed by atoms with Gasteiger partial charge < -0.3 is 15.3 Å². The highest BCUT2D eigenvalue weighted by Crippen LogP contribution is 2.38. The van der Waals surface area contributed by atoms with Crippen LogP contribution in [0.25, 0.3) is 22.7 Å². The molecule has 0 radical (unpaired) electrons. The van der Waals surface area contributed by atoms with E-state index in [2.05, 4.69) is 25.3 Å². The SMILES string of the molecule is Cc1cn2nc(-c3nc4ccc(N5CCNC6(CC6)C5)cn4c(=O)c3C(=O)O)cc(C)c2n1. The van der Waals surface area contributed by atoms with E-state index in [0.717, 1.165) is 49.4 Å². The first-order valence-corrected chi connectivity index (χ1v) is 11.0. The largest absolute Gasteiger partial charge is 0.477 e. The number of pyridine rings is 1. The molecule has 33 heavy (non-hydrogen) atoms. The minimum atomic E-state index is -1.33. The molecule has 5 heterocycles. The molecular formula is C23H23N7O3. The zero-order valence-electron chi connectivity index (χ0n) is 18.4. The summed E-state index contributed by atoms with van der Waals surface area (Å²) in [4.78, 5) is 36.8. The number of anilines is 1. The van der Waals surface area contributed by atoms with Crippen LogP contribution in [0.15, 0.2) is 35.4 Å². The lowest BCUT2D eigenvalue weighted by atomic mass is 10.1. The molecule has 1 aliphatic carbocycles. The molecule has 10 heteroatoms. The summed E-state index contributed by atoms with van der Waals surface area (Å²) in [5, 5.41) is 18.0. The van der Waals surface area contributed by atoms with Crippen molar-refractivity contribution in [3.05, 3.63) is 57.8 Å². The topological polar surface area (TPSA) is 117 Å². The van der Waals surface area contributed by atoms with Gasteiger partial charge in [-0.3, -0.25) is 9.20 Å². The number of carboxylic acid groups (broad SMARTS) is 1. The van der Waals surface area contributed by atoms with E-state index in [-0.39, 0.29) is 11.2 Å². The van der Waals surface area contributed by atoms with Gasteiger partial charge in [0.05, 0.1) is 17.6 Å². The summed E-state index contributed by atoms with van der Waals surface area (Å²) in [5.74, 6) is -1.33. The summed E-state index contributed by atoms with van der Waals surface area (Å²) in [6, 6.07) is 5.42. The van der Waals surface area contributed by atoms with Gasteiger partial charge in [-0.25, -0.2) is 19.3 Å². The molecule has 6 rings (SSSR count). The number of carboxylic acids is 1. The number of piperazine rings is 1. The number of aromatic nitrogens is 5. The highest BCUT2D eigenvalue weighted by molar-refractivity contribution is 5.94. The summed E-state index contributed by atoms with van der Waals surface area (Å²) >= 11 is 0. The third-order valence-corrected chi connectivity index (χ3v) is 6.59. The van der Waals surface area contributed by atoms with Gasteiger partial charge in [0.2, 0.25) is 0 Å². The summed E-state index contributed by atoms with van der Waals surface area (Å²) in [7, 11) is 0. The van der Waals surface area contributed by atoms with Crippen molar-refractivity contribution >= 4 is 23.0 Å². The van der Waals surface area contributed by atoms with E-state index in [0.29, 0.717) is 17.0 Å². The lowest BCUT2D eigenvalue weighted by Crippen LogP contribution is -2.52. The molecule has 2 aliphatic rings. The minimum absolute atomic E-state index is 0.0516. The molecule has 0 unspecified atom stereocenters. The van der Waals surface area contributed by atoms with Crippen molar-refractivity contribution in [1.82, 2.24) is 29.3 Å². The molecular weight excluding hydrogens is 422 g/mol. The van der Waals surface area contributed by atoms with E-state index in [1.807, 2.05) is 19.9 Å². The number of fused-ring (bicyclic) bond motifs is 2. The molecule has 0 atom stereocenters. The predicted molar refractivity (Wildman–Crippen MR) is 122 cm³/mol. The Hall–Kier alpha value is -3.79. The van der Waals surface area contributed by atoms with Gasteiger partial charge >= 0.3 is 5.97 Å². The Morgan fingerprint density at radius 3 is 2.76 bits per heavy atom. The zero-order valence-corrected chi connectivity index (χ0v) is 18.4. The van der Waals surface area contributed by atoms with E-state index in [1.54, 1.807) is 29.0 Å². The van der Waals surface area contributed by atoms with Crippen LogP contribution in [-0.4, -0.2) is 60.2 Å². The number of hydrogen-bond donors (Lipinski definition) is 2. The first-order valence-electron chi connectivity index (χ1n) is 11.0. The summed E-state index contributed by atoms with van der Waals surface area (Å²) in [6.45, 7) is 6.31. The first-order chi connectivity index (χ1) is 15.8. The smallest absolute Gasteiger partial charge is 0.343 e.